The molecule has 0 spiro atoms. The first-order valence-corrected chi connectivity index (χ1v) is 10.5. The fraction of sp³-hybridized carbons (Fsp3) is 0.250. The summed E-state index contributed by atoms with van der Waals surface area (Å²) in [7, 11) is 1.63. The quantitative estimate of drug-likeness (QED) is 0.531. The van der Waals surface area contributed by atoms with Crippen molar-refractivity contribution in [1.82, 2.24) is 20.1 Å². The number of carbonyl (C=O) groups is 1. The van der Waals surface area contributed by atoms with Gasteiger partial charge >= 0.3 is 0 Å². The third kappa shape index (κ3) is 4.56. The van der Waals surface area contributed by atoms with Gasteiger partial charge in [-0.15, -0.1) is 10.2 Å². The van der Waals surface area contributed by atoms with Gasteiger partial charge in [0.15, 0.2) is 11.0 Å². The molecule has 0 radical (unpaired) electrons. The average molecular weight is 461 g/mol. The monoisotopic (exact) mass is 460 g/mol. The van der Waals surface area contributed by atoms with Crippen molar-refractivity contribution < 1.29 is 9.53 Å². The van der Waals surface area contributed by atoms with E-state index in [0.717, 1.165) is 21.5 Å². The van der Waals surface area contributed by atoms with Gasteiger partial charge in [-0.25, -0.2) is 0 Å². The molecule has 0 saturated carbocycles. The standard InChI is InChI=1S/C20H21BrN4O2S/c1-4-27-17-11-9-16(10-12-17)25-18(14-5-7-15(21)8-6-14)23-24-20(25)28-13(2)19(26)22-3/h5-13H,4H2,1-3H3,(H,22,26). The van der Waals surface area contributed by atoms with Gasteiger partial charge in [0.2, 0.25) is 5.91 Å². The molecule has 0 fully saturated rings. The van der Waals surface area contributed by atoms with Crippen molar-refractivity contribution in [3.8, 4) is 22.8 Å². The molecule has 1 amide bonds. The predicted octanol–water partition coefficient (Wildman–Crippen LogP) is 4.32. The Labute approximate surface area is 176 Å². The van der Waals surface area contributed by atoms with E-state index in [0.29, 0.717) is 17.6 Å². The van der Waals surface area contributed by atoms with Gasteiger partial charge in [0.25, 0.3) is 0 Å². The van der Waals surface area contributed by atoms with Crippen molar-refractivity contribution in [2.24, 2.45) is 0 Å². The zero-order valence-electron chi connectivity index (χ0n) is 15.8. The summed E-state index contributed by atoms with van der Waals surface area (Å²) in [4.78, 5) is 12.0. The van der Waals surface area contributed by atoms with Crippen LogP contribution in [0.3, 0.4) is 0 Å². The molecular formula is C20H21BrN4O2S. The molecule has 0 aliphatic carbocycles. The van der Waals surface area contributed by atoms with Crippen LogP contribution in [0.4, 0.5) is 0 Å². The molecule has 0 bridgehead atoms. The lowest BCUT2D eigenvalue weighted by Gasteiger charge is -2.13. The van der Waals surface area contributed by atoms with Gasteiger partial charge in [-0.1, -0.05) is 39.8 Å². The lowest BCUT2D eigenvalue weighted by Crippen LogP contribution is -2.27. The Morgan fingerprint density at radius 2 is 1.86 bits per heavy atom. The second kappa shape index (κ2) is 9.25. The van der Waals surface area contributed by atoms with Gasteiger partial charge in [0.05, 0.1) is 11.9 Å². The van der Waals surface area contributed by atoms with Gasteiger partial charge in [0, 0.05) is 22.8 Å². The second-order valence-electron chi connectivity index (χ2n) is 5.95. The number of thioether (sulfide) groups is 1. The van der Waals surface area contributed by atoms with Crippen molar-refractivity contribution in [3.63, 3.8) is 0 Å². The van der Waals surface area contributed by atoms with E-state index in [1.54, 1.807) is 7.05 Å². The fourth-order valence-electron chi connectivity index (χ4n) is 2.64. The van der Waals surface area contributed by atoms with Crippen LogP contribution in [0.25, 0.3) is 17.1 Å². The highest BCUT2D eigenvalue weighted by Crippen LogP contribution is 2.31. The summed E-state index contributed by atoms with van der Waals surface area (Å²) in [6.07, 6.45) is 0. The van der Waals surface area contributed by atoms with Crippen LogP contribution in [0.1, 0.15) is 13.8 Å². The van der Waals surface area contributed by atoms with E-state index in [1.165, 1.54) is 11.8 Å². The van der Waals surface area contributed by atoms with Crippen molar-refractivity contribution in [1.29, 1.82) is 0 Å². The molecule has 1 N–H and O–H groups in total. The SMILES string of the molecule is CCOc1ccc(-n2c(SC(C)C(=O)NC)nnc2-c2ccc(Br)cc2)cc1. The predicted molar refractivity (Wildman–Crippen MR) is 115 cm³/mol. The summed E-state index contributed by atoms with van der Waals surface area (Å²) < 4.78 is 8.50. The largest absolute Gasteiger partial charge is 0.494 e. The highest BCUT2D eigenvalue weighted by atomic mass is 79.9. The zero-order valence-corrected chi connectivity index (χ0v) is 18.3. The number of benzene rings is 2. The van der Waals surface area contributed by atoms with Gasteiger partial charge in [-0.3, -0.25) is 9.36 Å². The normalized spacial score (nSPS) is 11.9. The summed E-state index contributed by atoms with van der Waals surface area (Å²) in [6, 6.07) is 15.7. The van der Waals surface area contributed by atoms with Gasteiger partial charge < -0.3 is 10.1 Å². The number of amides is 1. The Hall–Kier alpha value is -2.32. The van der Waals surface area contributed by atoms with E-state index in [1.807, 2.05) is 66.9 Å². The number of hydrogen-bond donors (Lipinski definition) is 1. The molecular weight excluding hydrogens is 440 g/mol. The van der Waals surface area contributed by atoms with Crippen LogP contribution in [0, 0.1) is 0 Å². The van der Waals surface area contributed by atoms with Gasteiger partial charge in [-0.05, 0) is 50.2 Å². The maximum atomic E-state index is 12.0. The fourth-order valence-corrected chi connectivity index (χ4v) is 3.83. The Kier molecular flexibility index (Phi) is 6.74. The van der Waals surface area contributed by atoms with Crippen molar-refractivity contribution >= 4 is 33.6 Å². The Morgan fingerprint density at radius 3 is 2.46 bits per heavy atom. The number of rotatable bonds is 7. The molecule has 8 heteroatoms. The number of nitrogens with one attached hydrogen (secondary N) is 1. The lowest BCUT2D eigenvalue weighted by molar-refractivity contribution is -0.119. The maximum Gasteiger partial charge on any atom is 0.233 e. The second-order valence-corrected chi connectivity index (χ2v) is 8.17. The third-order valence-corrected chi connectivity index (χ3v) is 5.61. The Balaban J connectivity index is 2.05. The molecule has 1 atom stereocenters. The summed E-state index contributed by atoms with van der Waals surface area (Å²) in [5.41, 5.74) is 1.84. The highest BCUT2D eigenvalue weighted by molar-refractivity contribution is 9.10. The minimum Gasteiger partial charge on any atom is -0.494 e. The van der Waals surface area contributed by atoms with Crippen LogP contribution in [0.15, 0.2) is 58.2 Å². The minimum absolute atomic E-state index is 0.0589. The van der Waals surface area contributed by atoms with E-state index < -0.39 is 0 Å². The van der Waals surface area contributed by atoms with E-state index in [2.05, 4.69) is 31.4 Å². The third-order valence-electron chi connectivity index (χ3n) is 4.04. The lowest BCUT2D eigenvalue weighted by atomic mass is 10.2. The van der Waals surface area contributed by atoms with E-state index in [4.69, 9.17) is 4.74 Å². The van der Waals surface area contributed by atoms with E-state index in [9.17, 15) is 4.79 Å². The molecule has 0 aliphatic rings. The zero-order chi connectivity index (χ0) is 20.1. The molecule has 146 valence electrons. The average Bonchev–Trinajstić information content (AvgIpc) is 3.12. The van der Waals surface area contributed by atoms with E-state index >= 15 is 0 Å². The summed E-state index contributed by atoms with van der Waals surface area (Å²) >= 11 is 4.83. The molecule has 0 aliphatic heterocycles. The number of ether oxygens (including phenoxy) is 1. The molecule has 28 heavy (non-hydrogen) atoms. The molecule has 3 aromatic rings. The maximum absolute atomic E-state index is 12.0. The Bertz CT molecular complexity index is 942. The van der Waals surface area contributed by atoms with E-state index in [-0.39, 0.29) is 11.2 Å². The number of aromatic nitrogens is 3. The molecule has 3 rings (SSSR count). The van der Waals surface area contributed by atoms with Crippen molar-refractivity contribution in [2.75, 3.05) is 13.7 Å². The van der Waals surface area contributed by atoms with Crippen LogP contribution < -0.4 is 10.1 Å². The topological polar surface area (TPSA) is 69.0 Å². The first-order chi connectivity index (χ1) is 13.5. The smallest absolute Gasteiger partial charge is 0.233 e. The van der Waals surface area contributed by atoms with Crippen LogP contribution in [-0.2, 0) is 4.79 Å². The molecule has 1 heterocycles. The number of nitrogens with zero attached hydrogens (tertiary/aromatic N) is 3. The Morgan fingerprint density at radius 1 is 1.18 bits per heavy atom. The van der Waals surface area contributed by atoms with Crippen molar-refractivity contribution in [2.45, 2.75) is 24.3 Å². The number of hydrogen-bond acceptors (Lipinski definition) is 5. The number of halogens is 1. The van der Waals surface area contributed by atoms with Crippen LogP contribution in [-0.4, -0.2) is 39.6 Å². The summed E-state index contributed by atoms with van der Waals surface area (Å²) in [5, 5.41) is 11.8. The van der Waals surface area contributed by atoms with Crippen molar-refractivity contribution in [3.05, 3.63) is 53.0 Å². The summed E-state index contributed by atoms with van der Waals surface area (Å²) in [6.45, 7) is 4.41. The van der Waals surface area contributed by atoms with Gasteiger partial charge in [-0.2, -0.15) is 0 Å². The first kappa shape index (κ1) is 20.4. The highest BCUT2D eigenvalue weighted by Gasteiger charge is 2.21. The molecule has 1 unspecified atom stereocenters. The molecule has 6 nitrogen and oxygen atoms in total. The first-order valence-electron chi connectivity index (χ1n) is 8.86. The van der Waals surface area contributed by atoms with Crippen LogP contribution in [0.2, 0.25) is 0 Å². The summed E-state index contributed by atoms with van der Waals surface area (Å²) in [5.74, 6) is 1.46. The minimum atomic E-state index is -0.298. The molecule has 1 aromatic heterocycles. The van der Waals surface area contributed by atoms with Crippen LogP contribution >= 0.6 is 27.7 Å². The number of carbonyl (C=O) groups excluding carboxylic acids is 1. The van der Waals surface area contributed by atoms with Crippen LogP contribution in [0.5, 0.6) is 5.75 Å². The molecule has 0 saturated heterocycles. The van der Waals surface area contributed by atoms with Gasteiger partial charge in [0.1, 0.15) is 5.75 Å². The molecule has 2 aromatic carbocycles.